The number of hydrogen-bond donors (Lipinski definition) is 0. The minimum absolute atomic E-state index is 0.558. The lowest BCUT2D eigenvalue weighted by atomic mass is 9.79. The number of unbranched alkanes of at least 4 members (excludes halogenated alkanes) is 4. The number of nitrogens with zero attached hydrogens (tertiary/aromatic N) is 1. The largest absolute Gasteiger partial charge is 0.330 e. The Bertz CT molecular complexity index is 168. The molecule has 0 spiro atoms. The molecule has 0 bridgehead atoms. The highest BCUT2D eigenvalue weighted by molar-refractivity contribution is 4.74. The van der Waals surface area contributed by atoms with E-state index in [0.29, 0.717) is 5.41 Å². The van der Waals surface area contributed by atoms with Crippen LogP contribution in [0.2, 0.25) is 0 Å². The van der Waals surface area contributed by atoms with E-state index in [4.69, 9.17) is 0 Å². The Labute approximate surface area is 110 Å². The highest BCUT2D eigenvalue weighted by atomic mass is 15.3. The maximum atomic E-state index is 2.52. The third-order valence-electron chi connectivity index (χ3n) is 3.62. The van der Waals surface area contributed by atoms with Crippen LogP contribution in [0, 0.1) is 5.41 Å². The van der Waals surface area contributed by atoms with Crippen molar-refractivity contribution in [2.45, 2.75) is 72.1 Å². The monoisotopic (exact) mass is 242 g/mol. The van der Waals surface area contributed by atoms with Gasteiger partial charge in [-0.3, -0.25) is 0 Å². The van der Waals surface area contributed by atoms with Crippen LogP contribution in [0.15, 0.2) is 0 Å². The van der Waals surface area contributed by atoms with Gasteiger partial charge in [0.15, 0.2) is 0 Å². The Morgan fingerprint density at radius 1 is 0.765 bits per heavy atom. The fourth-order valence-corrected chi connectivity index (χ4v) is 3.03. The zero-order chi connectivity index (χ0) is 13.4. The van der Waals surface area contributed by atoms with Crippen molar-refractivity contribution >= 4 is 0 Å². The summed E-state index contributed by atoms with van der Waals surface area (Å²) in [7, 11) is 6.99. The predicted octanol–water partition coefficient (Wildman–Crippen LogP) is 4.86. The summed E-state index contributed by atoms with van der Waals surface area (Å²) in [5, 5.41) is 0. The standard InChI is InChI=1S/C16H36N/c1-7-9-11-13-16(3,14-12-10-8-2)15-17(4,5)6/h7-15H2,1-6H3/q+1. The quantitative estimate of drug-likeness (QED) is 0.379. The molecule has 0 amide bonds. The van der Waals surface area contributed by atoms with Crippen molar-refractivity contribution in [2.75, 3.05) is 27.7 Å². The lowest BCUT2D eigenvalue weighted by Gasteiger charge is -2.37. The molecule has 0 N–H and O–H groups in total. The lowest BCUT2D eigenvalue weighted by Crippen LogP contribution is -2.44. The SMILES string of the molecule is CCCCCC(C)(CCCCC)C[N+](C)(C)C. The Kier molecular flexibility index (Phi) is 8.11. The molecule has 0 fully saturated rings. The zero-order valence-corrected chi connectivity index (χ0v) is 13.3. The van der Waals surface area contributed by atoms with Crippen molar-refractivity contribution in [3.63, 3.8) is 0 Å². The van der Waals surface area contributed by atoms with Gasteiger partial charge in [0.05, 0.1) is 27.7 Å². The van der Waals surface area contributed by atoms with Crippen LogP contribution in [0.3, 0.4) is 0 Å². The van der Waals surface area contributed by atoms with E-state index >= 15 is 0 Å². The summed E-state index contributed by atoms with van der Waals surface area (Å²) in [4.78, 5) is 0. The van der Waals surface area contributed by atoms with Gasteiger partial charge in [0.1, 0.15) is 0 Å². The Morgan fingerprint density at radius 3 is 1.47 bits per heavy atom. The maximum Gasteiger partial charge on any atom is 0.0834 e. The van der Waals surface area contributed by atoms with Crippen LogP contribution in [0.5, 0.6) is 0 Å². The second-order valence-corrected chi connectivity index (χ2v) is 7.17. The molecular weight excluding hydrogens is 206 g/mol. The molecule has 104 valence electrons. The van der Waals surface area contributed by atoms with Crippen molar-refractivity contribution in [1.82, 2.24) is 0 Å². The van der Waals surface area contributed by atoms with E-state index < -0.39 is 0 Å². The number of rotatable bonds is 10. The van der Waals surface area contributed by atoms with E-state index in [9.17, 15) is 0 Å². The average molecular weight is 242 g/mol. The van der Waals surface area contributed by atoms with Gasteiger partial charge in [0.2, 0.25) is 0 Å². The van der Waals surface area contributed by atoms with Crippen molar-refractivity contribution in [2.24, 2.45) is 5.41 Å². The van der Waals surface area contributed by atoms with Crippen LogP contribution in [-0.2, 0) is 0 Å². The number of hydrogen-bond acceptors (Lipinski definition) is 0. The predicted molar refractivity (Wildman–Crippen MR) is 79.3 cm³/mol. The van der Waals surface area contributed by atoms with Gasteiger partial charge in [-0.05, 0) is 12.8 Å². The summed E-state index contributed by atoms with van der Waals surface area (Å²) in [6.07, 6.45) is 11.2. The molecule has 0 aliphatic rings. The van der Waals surface area contributed by atoms with Crippen molar-refractivity contribution in [1.29, 1.82) is 0 Å². The van der Waals surface area contributed by atoms with Gasteiger partial charge in [-0.15, -0.1) is 0 Å². The molecule has 0 radical (unpaired) electrons. The molecule has 17 heavy (non-hydrogen) atoms. The maximum absolute atomic E-state index is 2.52. The smallest absolute Gasteiger partial charge is 0.0834 e. The summed E-state index contributed by atoms with van der Waals surface area (Å²) in [5.74, 6) is 0. The summed E-state index contributed by atoms with van der Waals surface area (Å²) in [6.45, 7) is 8.44. The Hall–Kier alpha value is -0.0400. The van der Waals surface area contributed by atoms with Crippen LogP contribution in [0.1, 0.15) is 72.1 Å². The molecule has 0 aromatic rings. The third kappa shape index (κ3) is 9.64. The molecule has 0 saturated carbocycles. The second-order valence-electron chi connectivity index (χ2n) is 7.17. The molecule has 0 aromatic heterocycles. The van der Waals surface area contributed by atoms with Crippen molar-refractivity contribution < 1.29 is 4.48 Å². The van der Waals surface area contributed by atoms with E-state index in [0.717, 1.165) is 4.48 Å². The Morgan fingerprint density at radius 2 is 1.18 bits per heavy atom. The molecule has 0 heterocycles. The molecule has 0 rings (SSSR count). The van der Waals surface area contributed by atoms with Crippen LogP contribution in [0.25, 0.3) is 0 Å². The topological polar surface area (TPSA) is 0 Å². The van der Waals surface area contributed by atoms with Crippen LogP contribution >= 0.6 is 0 Å². The molecule has 0 saturated heterocycles. The van der Waals surface area contributed by atoms with E-state index in [-0.39, 0.29) is 0 Å². The summed E-state index contributed by atoms with van der Waals surface area (Å²) in [6, 6.07) is 0. The minimum atomic E-state index is 0.558. The molecule has 0 atom stereocenters. The van der Waals surface area contributed by atoms with Crippen LogP contribution in [0.4, 0.5) is 0 Å². The van der Waals surface area contributed by atoms with E-state index in [2.05, 4.69) is 41.9 Å². The molecular formula is C16H36N+. The van der Waals surface area contributed by atoms with Gasteiger partial charge in [-0.2, -0.15) is 0 Å². The first-order chi connectivity index (χ1) is 7.83. The van der Waals surface area contributed by atoms with Crippen LogP contribution in [-0.4, -0.2) is 32.2 Å². The Balaban J connectivity index is 4.24. The van der Waals surface area contributed by atoms with Gasteiger partial charge in [-0.1, -0.05) is 59.3 Å². The summed E-state index contributed by atoms with van der Waals surface area (Å²) >= 11 is 0. The van der Waals surface area contributed by atoms with Crippen LogP contribution < -0.4 is 0 Å². The van der Waals surface area contributed by atoms with Gasteiger partial charge in [0, 0.05) is 5.41 Å². The molecule has 0 aromatic carbocycles. The fraction of sp³-hybridized carbons (Fsp3) is 1.00. The van der Waals surface area contributed by atoms with Crippen molar-refractivity contribution in [3.8, 4) is 0 Å². The van der Waals surface area contributed by atoms with Gasteiger partial charge >= 0.3 is 0 Å². The third-order valence-corrected chi connectivity index (χ3v) is 3.62. The molecule has 1 nitrogen and oxygen atoms in total. The van der Waals surface area contributed by atoms with E-state index in [1.54, 1.807) is 0 Å². The van der Waals surface area contributed by atoms with Crippen molar-refractivity contribution in [3.05, 3.63) is 0 Å². The molecule has 0 aliphatic heterocycles. The molecule has 0 unspecified atom stereocenters. The van der Waals surface area contributed by atoms with Gasteiger partial charge in [-0.25, -0.2) is 0 Å². The minimum Gasteiger partial charge on any atom is -0.330 e. The molecule has 0 aliphatic carbocycles. The first kappa shape index (κ1) is 17.0. The zero-order valence-electron chi connectivity index (χ0n) is 13.3. The van der Waals surface area contributed by atoms with Gasteiger partial charge in [0.25, 0.3) is 0 Å². The first-order valence-electron chi connectivity index (χ1n) is 7.63. The van der Waals surface area contributed by atoms with E-state index in [1.165, 1.54) is 57.9 Å². The summed E-state index contributed by atoms with van der Waals surface area (Å²) in [5.41, 5.74) is 0.558. The molecule has 1 heteroatoms. The first-order valence-corrected chi connectivity index (χ1v) is 7.63. The number of quaternary nitrogens is 1. The second kappa shape index (κ2) is 8.13. The van der Waals surface area contributed by atoms with E-state index in [1.807, 2.05) is 0 Å². The lowest BCUT2D eigenvalue weighted by molar-refractivity contribution is -0.877. The normalized spacial score (nSPS) is 13.1. The van der Waals surface area contributed by atoms with Gasteiger partial charge < -0.3 is 4.48 Å². The fourth-order valence-electron chi connectivity index (χ4n) is 3.03. The highest BCUT2D eigenvalue weighted by Gasteiger charge is 2.29. The highest BCUT2D eigenvalue weighted by Crippen LogP contribution is 2.32. The average Bonchev–Trinajstić information content (AvgIpc) is 2.15. The summed E-state index contributed by atoms with van der Waals surface area (Å²) < 4.78 is 1.11.